The number of nitrogens with zero attached hydrogens (tertiary/aromatic N) is 6. The molecule has 1 spiro atoms. The smallest absolute Gasteiger partial charge is 0.219 e. The maximum atomic E-state index is 11.8. The van der Waals surface area contributed by atoms with Crippen LogP contribution in [0.3, 0.4) is 0 Å². The number of benzene rings is 2. The molecule has 3 fully saturated rings. The van der Waals surface area contributed by atoms with Crippen LogP contribution in [-0.2, 0) is 22.7 Å². The zero-order chi connectivity index (χ0) is 36.6. The van der Waals surface area contributed by atoms with Crippen molar-refractivity contribution < 1.29 is 19.1 Å². The average molecular weight is 786 g/mol. The van der Waals surface area contributed by atoms with Gasteiger partial charge in [-0.2, -0.15) is 0 Å². The molecule has 2 aromatic heterocycles. The van der Waals surface area contributed by atoms with Gasteiger partial charge >= 0.3 is 0 Å². The molecule has 0 atom stereocenters. The first-order chi connectivity index (χ1) is 25.1. The number of likely N-dealkylation sites (tertiary alicyclic amines) is 2. The van der Waals surface area contributed by atoms with Crippen LogP contribution < -0.4 is 9.47 Å². The van der Waals surface area contributed by atoms with Crippen molar-refractivity contribution in [2.45, 2.75) is 31.8 Å². The van der Waals surface area contributed by atoms with Crippen LogP contribution in [0, 0.1) is 5.41 Å². The highest BCUT2D eigenvalue weighted by atomic mass is 79.9. The number of aromatic nitrogens is 2. The molecule has 7 rings (SSSR count). The summed E-state index contributed by atoms with van der Waals surface area (Å²) >= 11 is 5.67. The van der Waals surface area contributed by atoms with E-state index in [9.17, 15) is 9.59 Å². The van der Waals surface area contributed by atoms with Crippen molar-refractivity contribution in [3.63, 3.8) is 0 Å². The van der Waals surface area contributed by atoms with Gasteiger partial charge < -0.3 is 19.3 Å². The molecule has 3 aliphatic heterocycles. The minimum Gasteiger partial charge on any atom is -0.481 e. The number of carbonyl (C=O) groups is 2. The molecule has 3 aliphatic rings. The molecular weight excluding hydrogens is 740 g/mol. The minimum atomic E-state index is 0.128. The number of thioether (sulfide) groups is 1. The Morgan fingerprint density at radius 2 is 1.21 bits per heavy atom. The zero-order valence-electron chi connectivity index (χ0n) is 30.4. The third-order valence-electron chi connectivity index (χ3n) is 10.5. The Morgan fingerprint density at radius 1 is 0.692 bits per heavy atom. The zero-order valence-corrected chi connectivity index (χ0v) is 32.8. The van der Waals surface area contributed by atoms with Gasteiger partial charge in [-0.15, -0.1) is 11.8 Å². The van der Waals surface area contributed by atoms with E-state index in [1.807, 2.05) is 9.80 Å². The van der Waals surface area contributed by atoms with Gasteiger partial charge in [-0.25, -0.2) is 9.97 Å². The maximum absolute atomic E-state index is 11.8. The molecule has 0 radical (unpaired) electrons. The summed E-state index contributed by atoms with van der Waals surface area (Å²) in [5.74, 6) is 1.54. The minimum absolute atomic E-state index is 0.128. The second kappa shape index (κ2) is 15.2. The van der Waals surface area contributed by atoms with Crippen molar-refractivity contribution in [2.75, 3.05) is 72.8 Å². The summed E-state index contributed by atoms with van der Waals surface area (Å²) in [6, 6.07) is 21.0. The normalized spacial score (nSPS) is 17.1. The van der Waals surface area contributed by atoms with Crippen LogP contribution in [0.5, 0.6) is 11.8 Å². The highest BCUT2D eigenvalue weighted by molar-refractivity contribution is 9.10. The highest BCUT2D eigenvalue weighted by Crippen LogP contribution is 2.44. The van der Waals surface area contributed by atoms with E-state index in [2.05, 4.69) is 92.6 Å². The summed E-state index contributed by atoms with van der Waals surface area (Å²) in [4.78, 5) is 43.1. The Kier molecular flexibility index (Phi) is 10.6. The number of methoxy groups -OCH3 is 2. The quantitative estimate of drug-likeness (QED) is 0.172. The second-order valence-corrected chi connectivity index (χ2v) is 15.7. The molecule has 5 heterocycles. The van der Waals surface area contributed by atoms with Gasteiger partial charge in [0.15, 0.2) is 0 Å². The molecule has 0 bridgehead atoms. The molecule has 52 heavy (non-hydrogen) atoms. The van der Waals surface area contributed by atoms with Gasteiger partial charge in [0.05, 0.1) is 25.6 Å². The van der Waals surface area contributed by atoms with Gasteiger partial charge in [0.1, 0.15) is 0 Å². The lowest BCUT2D eigenvalue weighted by Crippen LogP contribution is -2.72. The van der Waals surface area contributed by atoms with Crippen molar-refractivity contribution in [2.24, 2.45) is 5.41 Å². The lowest BCUT2D eigenvalue weighted by atomic mass is 9.72. The molecule has 3 saturated heterocycles. The van der Waals surface area contributed by atoms with Crippen molar-refractivity contribution in [1.82, 2.24) is 29.6 Å². The van der Waals surface area contributed by atoms with Crippen molar-refractivity contribution >= 4 is 39.5 Å². The van der Waals surface area contributed by atoms with Crippen LogP contribution in [-0.4, -0.2) is 114 Å². The van der Waals surface area contributed by atoms with Gasteiger partial charge in [0, 0.05) is 116 Å². The first-order valence-electron chi connectivity index (χ1n) is 17.6. The number of halogens is 1. The van der Waals surface area contributed by atoms with E-state index in [1.165, 1.54) is 0 Å². The highest BCUT2D eigenvalue weighted by Gasteiger charge is 2.52. The van der Waals surface area contributed by atoms with E-state index in [4.69, 9.17) is 19.4 Å². The topological polar surface area (TPSA) is 91.3 Å². The van der Waals surface area contributed by atoms with Crippen molar-refractivity contribution in [3.05, 3.63) is 76.3 Å². The fourth-order valence-electron chi connectivity index (χ4n) is 7.84. The predicted molar refractivity (Wildman–Crippen MR) is 208 cm³/mol. The predicted octanol–water partition coefficient (Wildman–Crippen LogP) is 6.31. The number of hydrogen-bond acceptors (Lipinski definition) is 9. The Morgan fingerprint density at radius 3 is 1.77 bits per heavy atom. The molecule has 0 N–H and O–H groups in total. The SMILES string of the molecule is COc1nc(-c2cccc(-c3cccc(-c4ccc(CN5CC6(C5)CN(C(C)=O)C6)c(OC)n4)c3SC)c2Br)ccc1CN1CCN(C(C)=O)CC1. The summed E-state index contributed by atoms with van der Waals surface area (Å²) in [6.45, 7) is 11.6. The lowest BCUT2D eigenvalue weighted by molar-refractivity contribution is -0.157. The van der Waals surface area contributed by atoms with Crippen LogP contribution in [0.4, 0.5) is 0 Å². The molecule has 12 heteroatoms. The summed E-state index contributed by atoms with van der Waals surface area (Å²) in [5.41, 5.74) is 8.20. The molecule has 2 aromatic carbocycles. The maximum Gasteiger partial charge on any atom is 0.219 e. The summed E-state index contributed by atoms with van der Waals surface area (Å²) in [7, 11) is 3.35. The van der Waals surface area contributed by atoms with Crippen LogP contribution in [0.1, 0.15) is 25.0 Å². The van der Waals surface area contributed by atoms with E-state index in [-0.39, 0.29) is 17.2 Å². The number of amides is 2. The largest absolute Gasteiger partial charge is 0.481 e. The van der Waals surface area contributed by atoms with Gasteiger partial charge in [-0.3, -0.25) is 19.4 Å². The number of ether oxygens (including phenoxy) is 2. The molecule has 0 saturated carbocycles. The van der Waals surface area contributed by atoms with E-state index >= 15 is 0 Å². The molecule has 10 nitrogen and oxygen atoms in total. The summed E-state index contributed by atoms with van der Waals surface area (Å²) in [6.07, 6.45) is 2.10. The van der Waals surface area contributed by atoms with Crippen molar-refractivity contribution in [1.29, 1.82) is 0 Å². The lowest BCUT2D eigenvalue weighted by Gasteiger charge is -2.60. The monoisotopic (exact) mass is 784 g/mol. The van der Waals surface area contributed by atoms with Gasteiger partial charge in [0.2, 0.25) is 23.6 Å². The third-order valence-corrected chi connectivity index (χ3v) is 12.2. The molecule has 4 aromatic rings. The number of hydrogen-bond donors (Lipinski definition) is 0. The average Bonchev–Trinajstić information content (AvgIpc) is 3.12. The van der Waals surface area contributed by atoms with Gasteiger partial charge in [-0.05, 0) is 45.4 Å². The Balaban J connectivity index is 1.11. The van der Waals surface area contributed by atoms with E-state index in [1.54, 1.807) is 39.8 Å². The molecule has 272 valence electrons. The van der Waals surface area contributed by atoms with E-state index < -0.39 is 0 Å². The number of carbonyl (C=O) groups excluding carboxylic acids is 2. The fraction of sp³-hybridized carbons (Fsp3) is 0.400. The first-order valence-corrected chi connectivity index (χ1v) is 19.6. The van der Waals surface area contributed by atoms with Crippen LogP contribution in [0.25, 0.3) is 33.6 Å². The van der Waals surface area contributed by atoms with E-state index in [0.29, 0.717) is 18.3 Å². The molecular formula is C40H45BrN6O4S. The molecule has 0 aliphatic carbocycles. The number of rotatable bonds is 10. The summed E-state index contributed by atoms with van der Waals surface area (Å²) in [5, 5.41) is 0. The van der Waals surface area contributed by atoms with Crippen molar-refractivity contribution in [3.8, 4) is 45.4 Å². The Hall–Kier alpha value is -3.97. The second-order valence-electron chi connectivity index (χ2n) is 14.1. The van der Waals surface area contributed by atoms with Gasteiger partial charge in [0.25, 0.3) is 0 Å². The number of piperazine rings is 1. The number of pyridine rings is 2. The molecule has 2 amide bonds. The van der Waals surface area contributed by atoms with E-state index in [0.717, 1.165) is 113 Å². The third kappa shape index (κ3) is 7.18. The standard InChI is InChI=1S/C40H45BrN6O4S/c1-26(48)46-18-16-44(17-19-46)20-28-12-14-34(42-38(28)50-3)32-10-6-8-30(36(32)41)31-9-7-11-33(37(31)52-5)35-15-13-29(39(43-35)51-4)21-45-22-40(23-45)24-47(25-40)27(2)49/h6-15H,16-25H2,1-5H3. The first kappa shape index (κ1) is 36.4. The summed E-state index contributed by atoms with van der Waals surface area (Å²) < 4.78 is 12.6. The van der Waals surface area contributed by atoms with Crippen LogP contribution in [0.2, 0.25) is 0 Å². The van der Waals surface area contributed by atoms with Crippen LogP contribution in [0.15, 0.2) is 70.0 Å². The van der Waals surface area contributed by atoms with Gasteiger partial charge in [-0.1, -0.05) is 48.5 Å². The Labute approximate surface area is 318 Å². The van der Waals surface area contributed by atoms with Crippen LogP contribution >= 0.6 is 27.7 Å². The Bertz CT molecular complexity index is 1990. The fourth-order valence-corrected chi connectivity index (χ4v) is 9.32. The molecule has 0 unspecified atom stereocenters.